The largest absolute Gasteiger partial charge is 0.496 e. The number of rotatable bonds is 11. The molecule has 1 aliphatic heterocycles. The fourth-order valence-electron chi connectivity index (χ4n) is 4.43. The van der Waals surface area contributed by atoms with Gasteiger partial charge in [-0.25, -0.2) is 0 Å². The number of carboxylic acids is 1. The van der Waals surface area contributed by atoms with Crippen LogP contribution in [0.4, 0.5) is 0 Å². The van der Waals surface area contributed by atoms with E-state index in [1.54, 1.807) is 7.11 Å². The number of amides is 1. The zero-order valence-corrected chi connectivity index (χ0v) is 20.0. The Labute approximate surface area is 206 Å². The Bertz CT molecular complexity index is 1170. The standard InChI is InChI=1S/C29H31NO5/c1-34-27-19-21(10-11-24(27)20-30-16-4-8-28(30)31)18-23-6-2-3-7-26(23)22-12-14-25(15-13-22)35-17-5-9-29(32)33/h2-3,6-7,10-15,19H,4-5,8-9,16-18,20H2,1H3,(H,32,33). The highest BCUT2D eigenvalue weighted by molar-refractivity contribution is 5.78. The number of hydrogen-bond acceptors (Lipinski definition) is 4. The van der Waals surface area contributed by atoms with Crippen LogP contribution in [0.1, 0.15) is 42.4 Å². The van der Waals surface area contributed by atoms with Gasteiger partial charge in [-0.1, -0.05) is 48.5 Å². The van der Waals surface area contributed by atoms with Crippen LogP contribution in [0.2, 0.25) is 0 Å². The molecule has 6 nitrogen and oxygen atoms in total. The van der Waals surface area contributed by atoms with E-state index in [4.69, 9.17) is 14.6 Å². The summed E-state index contributed by atoms with van der Waals surface area (Å²) in [6.45, 7) is 1.78. The highest BCUT2D eigenvalue weighted by Gasteiger charge is 2.21. The molecule has 3 aromatic carbocycles. The topological polar surface area (TPSA) is 76.1 Å². The molecule has 0 unspecified atom stereocenters. The van der Waals surface area contributed by atoms with Gasteiger partial charge in [0.1, 0.15) is 11.5 Å². The first-order valence-corrected chi connectivity index (χ1v) is 12.0. The minimum absolute atomic E-state index is 0.105. The molecule has 3 aromatic rings. The van der Waals surface area contributed by atoms with Crippen molar-refractivity contribution >= 4 is 11.9 Å². The van der Waals surface area contributed by atoms with E-state index in [-0.39, 0.29) is 12.3 Å². The molecular weight excluding hydrogens is 442 g/mol. The average Bonchev–Trinajstić information content (AvgIpc) is 3.27. The van der Waals surface area contributed by atoms with Gasteiger partial charge in [0.05, 0.1) is 13.7 Å². The van der Waals surface area contributed by atoms with E-state index in [1.165, 1.54) is 5.56 Å². The van der Waals surface area contributed by atoms with Crippen molar-refractivity contribution in [2.45, 2.75) is 38.6 Å². The number of carbonyl (C=O) groups is 2. The summed E-state index contributed by atoms with van der Waals surface area (Å²) in [7, 11) is 1.67. The van der Waals surface area contributed by atoms with E-state index >= 15 is 0 Å². The number of nitrogens with zero attached hydrogens (tertiary/aromatic N) is 1. The first-order valence-electron chi connectivity index (χ1n) is 12.0. The number of aliphatic carboxylic acids is 1. The molecule has 4 rings (SSSR count). The lowest BCUT2D eigenvalue weighted by Crippen LogP contribution is -2.24. The van der Waals surface area contributed by atoms with Crippen LogP contribution in [0.5, 0.6) is 11.5 Å². The number of methoxy groups -OCH3 is 1. The maximum Gasteiger partial charge on any atom is 0.303 e. The maximum atomic E-state index is 12.0. The van der Waals surface area contributed by atoms with E-state index in [2.05, 4.69) is 30.3 Å². The Morgan fingerprint density at radius 2 is 1.83 bits per heavy atom. The van der Waals surface area contributed by atoms with Crippen molar-refractivity contribution in [3.05, 3.63) is 83.4 Å². The molecular formula is C29H31NO5. The first kappa shape index (κ1) is 24.3. The lowest BCUT2D eigenvalue weighted by molar-refractivity contribution is -0.137. The lowest BCUT2D eigenvalue weighted by atomic mass is 9.94. The molecule has 1 N–H and O–H groups in total. The van der Waals surface area contributed by atoms with Crippen LogP contribution >= 0.6 is 0 Å². The van der Waals surface area contributed by atoms with Crippen LogP contribution in [0.25, 0.3) is 11.1 Å². The highest BCUT2D eigenvalue weighted by Crippen LogP contribution is 2.30. The third-order valence-electron chi connectivity index (χ3n) is 6.27. The second-order valence-corrected chi connectivity index (χ2v) is 8.77. The van der Waals surface area contributed by atoms with Crippen molar-refractivity contribution in [1.82, 2.24) is 4.90 Å². The molecule has 6 heteroatoms. The minimum Gasteiger partial charge on any atom is -0.496 e. The van der Waals surface area contributed by atoms with Gasteiger partial charge in [0.15, 0.2) is 0 Å². The summed E-state index contributed by atoms with van der Waals surface area (Å²) in [5.74, 6) is 0.939. The van der Waals surface area contributed by atoms with E-state index in [1.807, 2.05) is 41.3 Å². The number of likely N-dealkylation sites (tertiary alicyclic amines) is 1. The molecule has 182 valence electrons. The Hall–Kier alpha value is -3.80. The highest BCUT2D eigenvalue weighted by atomic mass is 16.5. The fourth-order valence-corrected chi connectivity index (χ4v) is 4.43. The summed E-state index contributed by atoms with van der Waals surface area (Å²) in [5.41, 5.74) is 5.61. The Morgan fingerprint density at radius 3 is 2.54 bits per heavy atom. The number of carboxylic acid groups (broad SMARTS) is 1. The Morgan fingerprint density at radius 1 is 1.03 bits per heavy atom. The second kappa shape index (κ2) is 11.6. The van der Waals surface area contributed by atoms with Gasteiger partial charge < -0.3 is 19.5 Å². The summed E-state index contributed by atoms with van der Waals surface area (Å²) in [4.78, 5) is 24.6. The van der Waals surface area contributed by atoms with Crippen LogP contribution in [0.3, 0.4) is 0 Å². The number of carbonyl (C=O) groups excluding carboxylic acids is 1. The molecule has 0 bridgehead atoms. The van der Waals surface area contributed by atoms with Crippen LogP contribution in [0, 0.1) is 0 Å². The summed E-state index contributed by atoms with van der Waals surface area (Å²) >= 11 is 0. The SMILES string of the molecule is COc1cc(Cc2ccccc2-c2ccc(OCCCC(=O)O)cc2)ccc1CN1CCCC1=O. The molecule has 35 heavy (non-hydrogen) atoms. The summed E-state index contributed by atoms with van der Waals surface area (Å²) < 4.78 is 11.3. The number of hydrogen-bond donors (Lipinski definition) is 1. The number of benzene rings is 3. The molecule has 1 aliphatic rings. The van der Waals surface area contributed by atoms with Gasteiger partial charge in [0, 0.05) is 31.5 Å². The molecule has 1 heterocycles. The van der Waals surface area contributed by atoms with E-state index < -0.39 is 5.97 Å². The fraction of sp³-hybridized carbons (Fsp3) is 0.310. The van der Waals surface area contributed by atoms with Gasteiger partial charge in [-0.05, 0) is 59.7 Å². The predicted octanol–water partition coefficient (Wildman–Crippen LogP) is 5.32. The van der Waals surface area contributed by atoms with Gasteiger partial charge in [-0.2, -0.15) is 0 Å². The van der Waals surface area contributed by atoms with Gasteiger partial charge in [-0.3, -0.25) is 9.59 Å². The molecule has 1 fully saturated rings. The van der Waals surface area contributed by atoms with Crippen LogP contribution in [-0.4, -0.2) is 42.1 Å². The van der Waals surface area contributed by atoms with Gasteiger partial charge in [-0.15, -0.1) is 0 Å². The molecule has 1 amide bonds. The number of ether oxygens (including phenoxy) is 2. The van der Waals surface area contributed by atoms with Crippen molar-refractivity contribution in [3.8, 4) is 22.6 Å². The molecule has 0 atom stereocenters. The lowest BCUT2D eigenvalue weighted by Gasteiger charge is -2.18. The van der Waals surface area contributed by atoms with E-state index in [0.717, 1.165) is 53.1 Å². The van der Waals surface area contributed by atoms with E-state index in [0.29, 0.717) is 26.0 Å². The van der Waals surface area contributed by atoms with E-state index in [9.17, 15) is 9.59 Å². The van der Waals surface area contributed by atoms with Crippen molar-refractivity contribution in [2.75, 3.05) is 20.3 Å². The molecule has 1 saturated heterocycles. The van der Waals surface area contributed by atoms with Crippen LogP contribution < -0.4 is 9.47 Å². The molecule has 0 radical (unpaired) electrons. The molecule has 0 saturated carbocycles. The molecule has 0 aromatic heterocycles. The third-order valence-corrected chi connectivity index (χ3v) is 6.27. The van der Waals surface area contributed by atoms with Crippen LogP contribution in [-0.2, 0) is 22.6 Å². The normalized spacial score (nSPS) is 13.2. The maximum absolute atomic E-state index is 12.0. The van der Waals surface area contributed by atoms with Crippen molar-refractivity contribution in [1.29, 1.82) is 0 Å². The Kier molecular flexibility index (Phi) is 8.03. The zero-order chi connectivity index (χ0) is 24.6. The zero-order valence-electron chi connectivity index (χ0n) is 20.0. The summed E-state index contributed by atoms with van der Waals surface area (Å²) in [6.07, 6.45) is 2.90. The molecule has 0 spiro atoms. The summed E-state index contributed by atoms with van der Waals surface area (Å²) in [6, 6.07) is 22.5. The second-order valence-electron chi connectivity index (χ2n) is 8.77. The third kappa shape index (κ3) is 6.41. The van der Waals surface area contributed by atoms with Crippen LogP contribution in [0.15, 0.2) is 66.7 Å². The van der Waals surface area contributed by atoms with Gasteiger partial charge >= 0.3 is 5.97 Å². The monoisotopic (exact) mass is 473 g/mol. The smallest absolute Gasteiger partial charge is 0.303 e. The average molecular weight is 474 g/mol. The van der Waals surface area contributed by atoms with Gasteiger partial charge in [0.25, 0.3) is 0 Å². The first-order chi connectivity index (χ1) is 17.0. The summed E-state index contributed by atoms with van der Waals surface area (Å²) in [5, 5.41) is 8.74. The molecule has 0 aliphatic carbocycles. The van der Waals surface area contributed by atoms with Crippen molar-refractivity contribution in [2.24, 2.45) is 0 Å². The Balaban J connectivity index is 1.46. The van der Waals surface area contributed by atoms with Gasteiger partial charge in [0.2, 0.25) is 5.91 Å². The minimum atomic E-state index is -0.811. The van der Waals surface area contributed by atoms with Crippen molar-refractivity contribution < 1.29 is 24.2 Å². The quantitative estimate of drug-likeness (QED) is 0.382. The van der Waals surface area contributed by atoms with Crippen molar-refractivity contribution in [3.63, 3.8) is 0 Å². The predicted molar refractivity (Wildman–Crippen MR) is 135 cm³/mol.